The van der Waals surface area contributed by atoms with Crippen LogP contribution in [0.25, 0.3) is 11.0 Å². The SMILES string of the molecule is CCCCCCCCCC(=O)OCCN1CCC(c2noc3cc(F)ccc23)CC1. The summed E-state index contributed by atoms with van der Waals surface area (Å²) in [7, 11) is 0. The molecule has 1 aromatic heterocycles. The Morgan fingerprint density at radius 1 is 1.17 bits per heavy atom. The number of fused-ring (bicyclic) bond motifs is 1. The zero-order valence-electron chi connectivity index (χ0n) is 18.2. The van der Waals surface area contributed by atoms with Crippen LogP contribution in [0.1, 0.15) is 82.7 Å². The molecule has 1 aliphatic heterocycles. The van der Waals surface area contributed by atoms with Crippen molar-refractivity contribution < 1.29 is 18.4 Å². The first-order valence-electron chi connectivity index (χ1n) is 11.6. The van der Waals surface area contributed by atoms with Crippen LogP contribution in [0.5, 0.6) is 0 Å². The molecule has 30 heavy (non-hydrogen) atoms. The van der Waals surface area contributed by atoms with Gasteiger partial charge in [0.15, 0.2) is 5.58 Å². The van der Waals surface area contributed by atoms with Gasteiger partial charge in [-0.25, -0.2) is 4.39 Å². The second-order valence-electron chi connectivity index (χ2n) is 8.42. The maximum atomic E-state index is 13.3. The minimum Gasteiger partial charge on any atom is -0.464 e. The summed E-state index contributed by atoms with van der Waals surface area (Å²) in [5.74, 6) is -0.0471. The van der Waals surface area contributed by atoms with E-state index in [1.54, 1.807) is 6.07 Å². The van der Waals surface area contributed by atoms with Crippen molar-refractivity contribution in [1.29, 1.82) is 0 Å². The Labute approximate surface area is 178 Å². The Hall–Kier alpha value is -1.95. The quantitative estimate of drug-likeness (QED) is 0.321. The highest BCUT2D eigenvalue weighted by atomic mass is 19.1. The third kappa shape index (κ3) is 6.79. The molecule has 0 unspecified atom stereocenters. The van der Waals surface area contributed by atoms with Gasteiger partial charge in [0.2, 0.25) is 0 Å². The van der Waals surface area contributed by atoms with Gasteiger partial charge in [0.25, 0.3) is 0 Å². The predicted molar refractivity (Wildman–Crippen MR) is 116 cm³/mol. The van der Waals surface area contributed by atoms with Crippen molar-refractivity contribution in [2.24, 2.45) is 0 Å². The maximum absolute atomic E-state index is 13.3. The number of ether oxygens (including phenoxy) is 1. The number of piperidine rings is 1. The lowest BCUT2D eigenvalue weighted by Crippen LogP contribution is -2.35. The normalized spacial score (nSPS) is 15.7. The number of nitrogens with zero attached hydrogens (tertiary/aromatic N) is 2. The Kier molecular flexibility index (Phi) is 9.12. The average Bonchev–Trinajstić information content (AvgIpc) is 3.16. The molecule has 0 saturated carbocycles. The highest BCUT2D eigenvalue weighted by Crippen LogP contribution is 2.32. The molecule has 5 nitrogen and oxygen atoms in total. The zero-order valence-corrected chi connectivity index (χ0v) is 18.2. The van der Waals surface area contributed by atoms with Gasteiger partial charge in [-0.2, -0.15) is 0 Å². The van der Waals surface area contributed by atoms with E-state index < -0.39 is 0 Å². The minimum absolute atomic E-state index is 0.0697. The van der Waals surface area contributed by atoms with Gasteiger partial charge in [-0.1, -0.05) is 50.6 Å². The molecular weight excluding hydrogens is 383 g/mol. The molecule has 0 N–H and O–H groups in total. The number of hydrogen-bond acceptors (Lipinski definition) is 5. The first-order chi connectivity index (χ1) is 14.7. The molecule has 0 bridgehead atoms. The van der Waals surface area contributed by atoms with E-state index in [-0.39, 0.29) is 11.8 Å². The molecular formula is C24H35FN2O3. The van der Waals surface area contributed by atoms with Gasteiger partial charge >= 0.3 is 5.97 Å². The maximum Gasteiger partial charge on any atom is 0.305 e. The zero-order chi connectivity index (χ0) is 21.2. The first kappa shape index (κ1) is 22.7. The Morgan fingerprint density at radius 3 is 2.67 bits per heavy atom. The molecule has 166 valence electrons. The number of benzene rings is 1. The topological polar surface area (TPSA) is 55.6 Å². The van der Waals surface area contributed by atoms with E-state index >= 15 is 0 Å². The molecule has 0 aliphatic carbocycles. The van der Waals surface area contributed by atoms with Crippen LogP contribution in [0.15, 0.2) is 22.7 Å². The van der Waals surface area contributed by atoms with E-state index in [0.29, 0.717) is 24.5 Å². The van der Waals surface area contributed by atoms with Crippen LogP contribution in [-0.2, 0) is 9.53 Å². The number of halogens is 1. The van der Waals surface area contributed by atoms with Crippen molar-refractivity contribution in [2.75, 3.05) is 26.2 Å². The van der Waals surface area contributed by atoms with Crippen LogP contribution in [0.2, 0.25) is 0 Å². The molecule has 1 saturated heterocycles. The molecule has 0 atom stereocenters. The van der Waals surface area contributed by atoms with E-state index in [0.717, 1.165) is 56.4 Å². The molecule has 1 fully saturated rings. The van der Waals surface area contributed by atoms with E-state index in [1.807, 2.05) is 0 Å². The van der Waals surface area contributed by atoms with Crippen molar-refractivity contribution in [3.05, 3.63) is 29.7 Å². The Morgan fingerprint density at radius 2 is 1.90 bits per heavy atom. The van der Waals surface area contributed by atoms with Crippen molar-refractivity contribution >= 4 is 16.9 Å². The number of carbonyl (C=O) groups excluding carboxylic acids is 1. The monoisotopic (exact) mass is 418 g/mol. The standard InChI is InChI=1S/C24H35FN2O3/c1-2-3-4-5-6-7-8-9-23(28)29-17-16-27-14-12-19(13-15-27)24-21-11-10-20(25)18-22(21)30-26-24/h10-11,18-19H,2-9,12-17H2,1H3. The van der Waals surface area contributed by atoms with Crippen LogP contribution >= 0.6 is 0 Å². The van der Waals surface area contributed by atoms with Gasteiger partial charge in [-0.05, 0) is 44.5 Å². The fourth-order valence-electron chi connectivity index (χ4n) is 4.24. The van der Waals surface area contributed by atoms with Gasteiger partial charge in [0.05, 0.1) is 5.69 Å². The summed E-state index contributed by atoms with van der Waals surface area (Å²) in [5, 5.41) is 5.11. The van der Waals surface area contributed by atoms with Crippen LogP contribution in [0.3, 0.4) is 0 Å². The summed E-state index contributed by atoms with van der Waals surface area (Å²) in [4.78, 5) is 14.2. The van der Waals surface area contributed by atoms with E-state index in [9.17, 15) is 9.18 Å². The highest BCUT2D eigenvalue weighted by Gasteiger charge is 2.25. The van der Waals surface area contributed by atoms with Crippen molar-refractivity contribution in [3.8, 4) is 0 Å². The summed E-state index contributed by atoms with van der Waals surface area (Å²) in [5.41, 5.74) is 1.45. The molecule has 6 heteroatoms. The lowest BCUT2D eigenvalue weighted by Gasteiger charge is -2.30. The third-order valence-corrected chi connectivity index (χ3v) is 6.09. The van der Waals surface area contributed by atoms with Crippen molar-refractivity contribution in [1.82, 2.24) is 10.1 Å². The number of carbonyl (C=O) groups is 1. The van der Waals surface area contributed by atoms with Crippen molar-refractivity contribution in [2.45, 2.75) is 77.0 Å². The van der Waals surface area contributed by atoms with E-state index in [4.69, 9.17) is 9.26 Å². The predicted octanol–water partition coefficient (Wildman–Crippen LogP) is 5.83. The molecule has 0 amide bonds. The molecule has 0 radical (unpaired) electrons. The largest absolute Gasteiger partial charge is 0.464 e. The van der Waals surface area contributed by atoms with Crippen LogP contribution in [0, 0.1) is 5.82 Å². The first-order valence-corrected chi connectivity index (χ1v) is 11.6. The van der Waals surface area contributed by atoms with Gasteiger partial charge < -0.3 is 9.26 Å². The number of unbranched alkanes of at least 4 members (excludes halogenated alkanes) is 6. The van der Waals surface area contributed by atoms with Crippen LogP contribution in [-0.4, -0.2) is 42.3 Å². The third-order valence-electron chi connectivity index (χ3n) is 6.09. The van der Waals surface area contributed by atoms with Gasteiger partial charge in [-0.15, -0.1) is 0 Å². The van der Waals surface area contributed by atoms with E-state index in [1.165, 1.54) is 44.2 Å². The summed E-state index contributed by atoms with van der Waals surface area (Å²) < 4.78 is 24.0. The summed E-state index contributed by atoms with van der Waals surface area (Å²) >= 11 is 0. The summed E-state index contributed by atoms with van der Waals surface area (Å²) in [6.07, 6.45) is 10.9. The lowest BCUT2D eigenvalue weighted by atomic mass is 9.91. The molecule has 3 rings (SSSR count). The fourth-order valence-corrected chi connectivity index (χ4v) is 4.24. The highest BCUT2D eigenvalue weighted by molar-refractivity contribution is 5.79. The van der Waals surface area contributed by atoms with Gasteiger partial charge in [0.1, 0.15) is 12.4 Å². The molecule has 0 spiro atoms. The second kappa shape index (κ2) is 12.0. The van der Waals surface area contributed by atoms with Gasteiger partial charge in [0, 0.05) is 30.3 Å². The molecule has 2 heterocycles. The molecule has 2 aromatic rings. The van der Waals surface area contributed by atoms with Crippen LogP contribution < -0.4 is 0 Å². The number of aromatic nitrogens is 1. The van der Waals surface area contributed by atoms with E-state index in [2.05, 4.69) is 17.0 Å². The summed E-state index contributed by atoms with van der Waals surface area (Å²) in [6, 6.07) is 4.61. The average molecular weight is 419 g/mol. The van der Waals surface area contributed by atoms with Crippen LogP contribution in [0.4, 0.5) is 4.39 Å². The second-order valence-corrected chi connectivity index (χ2v) is 8.42. The van der Waals surface area contributed by atoms with Crippen molar-refractivity contribution in [3.63, 3.8) is 0 Å². The number of likely N-dealkylation sites (tertiary alicyclic amines) is 1. The summed E-state index contributed by atoms with van der Waals surface area (Å²) in [6.45, 7) is 5.34. The minimum atomic E-state index is -0.304. The number of rotatable bonds is 12. The lowest BCUT2D eigenvalue weighted by molar-refractivity contribution is -0.144. The Balaban J connectivity index is 1.28. The number of hydrogen-bond donors (Lipinski definition) is 0. The van der Waals surface area contributed by atoms with Gasteiger partial charge in [-0.3, -0.25) is 9.69 Å². The molecule has 1 aromatic carbocycles. The Bertz CT molecular complexity index is 784. The molecule has 1 aliphatic rings. The number of esters is 1. The smallest absolute Gasteiger partial charge is 0.305 e. The fraction of sp³-hybridized carbons (Fsp3) is 0.667.